The molecule has 0 bridgehead atoms. The molecule has 2 atom stereocenters. The van der Waals surface area contributed by atoms with E-state index in [4.69, 9.17) is 4.74 Å². The van der Waals surface area contributed by atoms with Gasteiger partial charge in [-0.25, -0.2) is 9.97 Å². The Morgan fingerprint density at radius 3 is 2.96 bits per heavy atom. The van der Waals surface area contributed by atoms with Gasteiger partial charge in [0.25, 0.3) is 5.91 Å². The summed E-state index contributed by atoms with van der Waals surface area (Å²) in [7, 11) is 0. The molecule has 1 aliphatic heterocycles. The first kappa shape index (κ1) is 16.6. The predicted octanol–water partition coefficient (Wildman–Crippen LogP) is 1.81. The molecule has 128 valence electrons. The molecule has 0 fully saturated rings. The summed E-state index contributed by atoms with van der Waals surface area (Å²) in [6.45, 7) is 8.38. The standard InChI is InChI=1S/C17H23N5O2/c1-9-8-19-14(20-11(9)3)5-6-18-17(23)16-13-7-10(2)24-12(4)15(13)21-22-16/h8,10,12H,5-7H2,1-4H3,(H,18,23)(H,21,22)/t10-,12+/m1/s1. The number of nitrogens with zero attached hydrogens (tertiary/aromatic N) is 3. The van der Waals surface area contributed by atoms with Crippen LogP contribution >= 0.6 is 0 Å². The van der Waals surface area contributed by atoms with E-state index in [-0.39, 0.29) is 18.1 Å². The van der Waals surface area contributed by atoms with Gasteiger partial charge in [-0.15, -0.1) is 0 Å². The Kier molecular flexibility index (Phi) is 4.62. The highest BCUT2D eigenvalue weighted by Crippen LogP contribution is 2.29. The largest absolute Gasteiger partial charge is 0.369 e. The van der Waals surface area contributed by atoms with Gasteiger partial charge in [-0.3, -0.25) is 9.89 Å². The van der Waals surface area contributed by atoms with Crippen LogP contribution < -0.4 is 5.32 Å². The van der Waals surface area contributed by atoms with E-state index < -0.39 is 0 Å². The van der Waals surface area contributed by atoms with E-state index in [1.54, 1.807) is 0 Å². The Balaban J connectivity index is 1.63. The normalized spacial score (nSPS) is 19.8. The monoisotopic (exact) mass is 329 g/mol. The van der Waals surface area contributed by atoms with Crippen molar-refractivity contribution in [2.75, 3.05) is 6.54 Å². The number of ether oxygens (including phenoxy) is 1. The SMILES string of the molecule is Cc1cnc(CCNC(=O)c2n[nH]c3c2C[C@@H](C)O[C@H]3C)nc1C. The van der Waals surface area contributed by atoms with Crippen molar-refractivity contribution in [2.24, 2.45) is 0 Å². The number of aromatic nitrogens is 4. The molecule has 0 spiro atoms. The highest BCUT2D eigenvalue weighted by Gasteiger charge is 2.29. The van der Waals surface area contributed by atoms with Crippen LogP contribution in [0.1, 0.15) is 58.8 Å². The molecule has 3 rings (SSSR count). The van der Waals surface area contributed by atoms with Crippen molar-refractivity contribution < 1.29 is 9.53 Å². The van der Waals surface area contributed by atoms with E-state index in [1.807, 2.05) is 33.9 Å². The third-order valence-electron chi connectivity index (χ3n) is 4.36. The average Bonchev–Trinajstić information content (AvgIpc) is 2.95. The molecule has 24 heavy (non-hydrogen) atoms. The molecule has 1 aliphatic rings. The molecule has 3 heterocycles. The molecule has 0 unspecified atom stereocenters. The Hall–Kier alpha value is -2.28. The molecule has 7 nitrogen and oxygen atoms in total. The lowest BCUT2D eigenvalue weighted by Crippen LogP contribution is -2.29. The van der Waals surface area contributed by atoms with Crippen LogP contribution in [0.25, 0.3) is 0 Å². The second kappa shape index (κ2) is 6.68. The Bertz CT molecular complexity index is 755. The van der Waals surface area contributed by atoms with Gasteiger partial charge in [0.05, 0.1) is 17.9 Å². The van der Waals surface area contributed by atoms with E-state index in [9.17, 15) is 4.79 Å². The minimum Gasteiger partial charge on any atom is -0.369 e. The first-order chi connectivity index (χ1) is 11.5. The molecule has 2 aromatic rings. The maximum Gasteiger partial charge on any atom is 0.272 e. The fourth-order valence-corrected chi connectivity index (χ4v) is 2.93. The Morgan fingerprint density at radius 1 is 1.42 bits per heavy atom. The summed E-state index contributed by atoms with van der Waals surface area (Å²) >= 11 is 0. The summed E-state index contributed by atoms with van der Waals surface area (Å²) in [5.74, 6) is 0.565. The highest BCUT2D eigenvalue weighted by atomic mass is 16.5. The molecular formula is C17H23N5O2. The highest BCUT2D eigenvalue weighted by molar-refractivity contribution is 5.94. The number of carbonyl (C=O) groups excluding carboxylic acids is 1. The summed E-state index contributed by atoms with van der Waals surface area (Å²) in [4.78, 5) is 21.1. The van der Waals surface area contributed by atoms with Crippen LogP contribution in [0.3, 0.4) is 0 Å². The van der Waals surface area contributed by atoms with Crippen LogP contribution in [-0.4, -0.2) is 38.7 Å². The lowest BCUT2D eigenvalue weighted by atomic mass is 9.99. The van der Waals surface area contributed by atoms with Crippen LogP contribution in [0.2, 0.25) is 0 Å². The van der Waals surface area contributed by atoms with Crippen LogP contribution in [0.5, 0.6) is 0 Å². The van der Waals surface area contributed by atoms with E-state index in [2.05, 4.69) is 25.5 Å². The Morgan fingerprint density at radius 2 is 2.21 bits per heavy atom. The van der Waals surface area contributed by atoms with Gasteiger partial charge in [-0.05, 0) is 33.3 Å². The number of H-pyrrole nitrogens is 1. The quantitative estimate of drug-likeness (QED) is 0.892. The van der Waals surface area contributed by atoms with Crippen molar-refractivity contribution in [3.05, 3.63) is 40.2 Å². The van der Waals surface area contributed by atoms with Gasteiger partial charge in [0.2, 0.25) is 0 Å². The number of hydrogen-bond donors (Lipinski definition) is 2. The first-order valence-corrected chi connectivity index (χ1v) is 8.25. The minimum absolute atomic E-state index is 0.0678. The van der Waals surface area contributed by atoms with Crippen LogP contribution in [0, 0.1) is 13.8 Å². The fraction of sp³-hybridized carbons (Fsp3) is 0.529. The number of rotatable bonds is 4. The van der Waals surface area contributed by atoms with Crippen LogP contribution in [0.4, 0.5) is 0 Å². The first-order valence-electron chi connectivity index (χ1n) is 8.25. The number of nitrogens with one attached hydrogen (secondary N) is 2. The van der Waals surface area contributed by atoms with Gasteiger partial charge in [0, 0.05) is 36.8 Å². The van der Waals surface area contributed by atoms with Crippen molar-refractivity contribution >= 4 is 5.91 Å². The van der Waals surface area contributed by atoms with Crippen molar-refractivity contribution in [1.29, 1.82) is 0 Å². The fourth-order valence-electron chi connectivity index (χ4n) is 2.93. The van der Waals surface area contributed by atoms with E-state index in [1.165, 1.54) is 0 Å². The topological polar surface area (TPSA) is 92.8 Å². The molecule has 0 saturated carbocycles. The number of amides is 1. The second-order valence-electron chi connectivity index (χ2n) is 6.32. The maximum absolute atomic E-state index is 12.4. The third kappa shape index (κ3) is 3.31. The zero-order valence-electron chi connectivity index (χ0n) is 14.5. The smallest absolute Gasteiger partial charge is 0.272 e. The van der Waals surface area contributed by atoms with Gasteiger partial charge < -0.3 is 10.1 Å². The number of aryl methyl sites for hydroxylation is 2. The van der Waals surface area contributed by atoms with Crippen LogP contribution in [-0.2, 0) is 17.6 Å². The third-order valence-corrected chi connectivity index (χ3v) is 4.36. The summed E-state index contributed by atoms with van der Waals surface area (Å²) in [5.41, 5.74) is 4.36. The van der Waals surface area contributed by atoms with Gasteiger partial charge in [-0.1, -0.05) is 0 Å². The zero-order valence-corrected chi connectivity index (χ0v) is 14.5. The molecule has 2 aromatic heterocycles. The van der Waals surface area contributed by atoms with E-state index in [0.29, 0.717) is 25.1 Å². The van der Waals surface area contributed by atoms with Crippen molar-refractivity contribution in [3.8, 4) is 0 Å². The Labute approximate surface area is 141 Å². The number of carbonyl (C=O) groups is 1. The number of hydrogen-bond acceptors (Lipinski definition) is 5. The molecule has 0 radical (unpaired) electrons. The average molecular weight is 329 g/mol. The molecular weight excluding hydrogens is 306 g/mol. The summed E-state index contributed by atoms with van der Waals surface area (Å²) in [5, 5.41) is 10.0. The second-order valence-corrected chi connectivity index (χ2v) is 6.32. The zero-order chi connectivity index (χ0) is 17.3. The molecule has 1 amide bonds. The summed E-state index contributed by atoms with van der Waals surface area (Å²) < 4.78 is 5.75. The van der Waals surface area contributed by atoms with E-state index >= 15 is 0 Å². The van der Waals surface area contributed by atoms with Gasteiger partial charge in [-0.2, -0.15) is 5.10 Å². The molecule has 0 saturated heterocycles. The van der Waals surface area contributed by atoms with Gasteiger partial charge in [0.15, 0.2) is 5.69 Å². The van der Waals surface area contributed by atoms with Gasteiger partial charge in [0.1, 0.15) is 5.82 Å². The van der Waals surface area contributed by atoms with Crippen molar-refractivity contribution in [3.63, 3.8) is 0 Å². The lowest BCUT2D eigenvalue weighted by Gasteiger charge is -2.25. The molecule has 0 aliphatic carbocycles. The lowest BCUT2D eigenvalue weighted by molar-refractivity contribution is -0.00697. The van der Waals surface area contributed by atoms with E-state index in [0.717, 1.165) is 28.3 Å². The van der Waals surface area contributed by atoms with Crippen molar-refractivity contribution in [1.82, 2.24) is 25.5 Å². The molecule has 7 heteroatoms. The van der Waals surface area contributed by atoms with Crippen LogP contribution in [0.15, 0.2) is 6.20 Å². The maximum atomic E-state index is 12.4. The number of fused-ring (bicyclic) bond motifs is 1. The van der Waals surface area contributed by atoms with Crippen molar-refractivity contribution in [2.45, 2.75) is 52.7 Å². The molecule has 0 aromatic carbocycles. The summed E-state index contributed by atoms with van der Waals surface area (Å²) in [6.07, 6.45) is 3.11. The number of aromatic amines is 1. The summed E-state index contributed by atoms with van der Waals surface area (Å²) in [6, 6.07) is 0. The minimum atomic E-state index is -0.169. The van der Waals surface area contributed by atoms with Gasteiger partial charge >= 0.3 is 0 Å². The molecule has 2 N–H and O–H groups in total. The predicted molar refractivity (Wildman–Crippen MR) is 88.8 cm³/mol.